The van der Waals surface area contributed by atoms with E-state index < -0.39 is 0 Å². The number of ether oxygens (including phenoxy) is 1. The van der Waals surface area contributed by atoms with Gasteiger partial charge in [0, 0.05) is 18.5 Å². The third-order valence-electron chi connectivity index (χ3n) is 3.82. The van der Waals surface area contributed by atoms with Crippen LogP contribution >= 0.6 is 0 Å². The molecule has 2 aromatic rings. The maximum absolute atomic E-state index is 12.4. The molecule has 1 saturated heterocycles. The lowest BCUT2D eigenvalue weighted by molar-refractivity contribution is -0.121. The largest absolute Gasteiger partial charge is 0.443 e. The fraction of sp³-hybridized carbons (Fsp3) is 0.412. The standard InChI is InChI=1S/C17H19N3O3/c1-11-8-20(9-12(2)22-11)10-16(21)19-17-13-5-3-4-6-14(13)23-15(17)7-18/h3-6,11-12H,8-10H2,1-2H3,(H,19,21)/t11-,12-/m0/s1. The molecule has 0 saturated carbocycles. The molecular weight excluding hydrogens is 294 g/mol. The first-order chi connectivity index (χ1) is 11.1. The van der Waals surface area contributed by atoms with Crippen LogP contribution in [0.2, 0.25) is 0 Å². The maximum Gasteiger partial charge on any atom is 0.238 e. The van der Waals surface area contributed by atoms with Gasteiger partial charge in [0.2, 0.25) is 11.7 Å². The lowest BCUT2D eigenvalue weighted by Crippen LogP contribution is -2.48. The van der Waals surface area contributed by atoms with E-state index in [1.165, 1.54) is 0 Å². The van der Waals surface area contributed by atoms with Crippen LogP contribution in [0.3, 0.4) is 0 Å². The number of benzene rings is 1. The van der Waals surface area contributed by atoms with Crippen LogP contribution in [-0.2, 0) is 9.53 Å². The third kappa shape index (κ3) is 3.36. The topological polar surface area (TPSA) is 78.5 Å². The number of hydrogen-bond donors (Lipinski definition) is 1. The highest BCUT2D eigenvalue weighted by Crippen LogP contribution is 2.30. The minimum Gasteiger partial charge on any atom is -0.443 e. The van der Waals surface area contributed by atoms with Crippen LogP contribution in [0.5, 0.6) is 0 Å². The van der Waals surface area contributed by atoms with Gasteiger partial charge in [-0.25, -0.2) is 0 Å². The molecule has 1 aliphatic rings. The lowest BCUT2D eigenvalue weighted by atomic mass is 10.2. The van der Waals surface area contributed by atoms with Gasteiger partial charge in [-0.3, -0.25) is 9.69 Å². The number of hydrogen-bond acceptors (Lipinski definition) is 5. The molecule has 6 heteroatoms. The van der Waals surface area contributed by atoms with E-state index >= 15 is 0 Å². The van der Waals surface area contributed by atoms with Gasteiger partial charge in [-0.05, 0) is 26.0 Å². The maximum atomic E-state index is 12.4. The lowest BCUT2D eigenvalue weighted by Gasteiger charge is -2.34. The molecule has 1 fully saturated rings. The highest BCUT2D eigenvalue weighted by atomic mass is 16.5. The highest BCUT2D eigenvalue weighted by Gasteiger charge is 2.24. The first kappa shape index (κ1) is 15.5. The minimum absolute atomic E-state index is 0.107. The molecule has 2 atom stereocenters. The van der Waals surface area contributed by atoms with Crippen molar-refractivity contribution < 1.29 is 13.9 Å². The summed E-state index contributed by atoms with van der Waals surface area (Å²) in [7, 11) is 0. The molecule has 23 heavy (non-hydrogen) atoms. The van der Waals surface area contributed by atoms with E-state index in [1.54, 1.807) is 6.07 Å². The van der Waals surface area contributed by atoms with E-state index in [1.807, 2.05) is 38.1 Å². The summed E-state index contributed by atoms with van der Waals surface area (Å²) < 4.78 is 11.1. The summed E-state index contributed by atoms with van der Waals surface area (Å²) in [4.78, 5) is 14.4. The van der Waals surface area contributed by atoms with Crippen molar-refractivity contribution in [2.45, 2.75) is 26.1 Å². The smallest absolute Gasteiger partial charge is 0.238 e. The highest BCUT2D eigenvalue weighted by molar-refractivity contribution is 6.03. The number of nitriles is 1. The van der Waals surface area contributed by atoms with Gasteiger partial charge < -0.3 is 14.5 Å². The van der Waals surface area contributed by atoms with Crippen molar-refractivity contribution in [1.82, 2.24) is 4.90 Å². The van der Waals surface area contributed by atoms with Gasteiger partial charge in [0.1, 0.15) is 17.3 Å². The van der Waals surface area contributed by atoms with Gasteiger partial charge in [0.05, 0.1) is 18.8 Å². The molecule has 1 aromatic heterocycles. The molecule has 1 N–H and O–H groups in total. The number of nitrogens with one attached hydrogen (secondary N) is 1. The average Bonchev–Trinajstić information content (AvgIpc) is 2.84. The molecule has 2 heterocycles. The first-order valence-corrected chi connectivity index (χ1v) is 7.66. The molecule has 1 aliphatic heterocycles. The summed E-state index contributed by atoms with van der Waals surface area (Å²) in [6, 6.07) is 9.27. The van der Waals surface area contributed by atoms with Crippen molar-refractivity contribution in [1.29, 1.82) is 5.26 Å². The average molecular weight is 313 g/mol. The molecule has 120 valence electrons. The van der Waals surface area contributed by atoms with E-state index in [0.29, 0.717) is 11.3 Å². The van der Waals surface area contributed by atoms with E-state index in [9.17, 15) is 10.1 Å². The number of para-hydroxylation sites is 1. The summed E-state index contributed by atoms with van der Waals surface area (Å²) in [5, 5.41) is 12.8. The predicted molar refractivity (Wildman–Crippen MR) is 86.0 cm³/mol. The number of fused-ring (bicyclic) bond motifs is 1. The molecule has 1 amide bonds. The molecule has 0 aliphatic carbocycles. The minimum atomic E-state index is -0.158. The zero-order valence-electron chi connectivity index (χ0n) is 13.2. The predicted octanol–water partition coefficient (Wildman–Crippen LogP) is 2.35. The van der Waals surface area contributed by atoms with Crippen LogP contribution < -0.4 is 5.32 Å². The van der Waals surface area contributed by atoms with Crippen molar-refractivity contribution in [3.63, 3.8) is 0 Å². The van der Waals surface area contributed by atoms with Gasteiger partial charge in [-0.2, -0.15) is 5.26 Å². The Morgan fingerprint density at radius 3 is 2.74 bits per heavy atom. The number of carbonyl (C=O) groups excluding carboxylic acids is 1. The number of rotatable bonds is 3. The molecule has 6 nitrogen and oxygen atoms in total. The summed E-state index contributed by atoms with van der Waals surface area (Å²) in [6.45, 7) is 5.70. The molecule has 0 unspecified atom stereocenters. The van der Waals surface area contributed by atoms with Gasteiger partial charge >= 0.3 is 0 Å². The van der Waals surface area contributed by atoms with Gasteiger partial charge in [0.25, 0.3) is 0 Å². The van der Waals surface area contributed by atoms with Crippen LogP contribution in [0.15, 0.2) is 28.7 Å². The fourth-order valence-electron chi connectivity index (χ4n) is 3.04. The number of amides is 1. The molecule has 1 aromatic carbocycles. The Labute approximate surface area is 134 Å². The Balaban J connectivity index is 1.74. The zero-order valence-corrected chi connectivity index (χ0v) is 13.2. The number of anilines is 1. The molecular formula is C17H19N3O3. The number of carbonyl (C=O) groups is 1. The van der Waals surface area contributed by atoms with Crippen molar-refractivity contribution in [3.8, 4) is 6.07 Å². The van der Waals surface area contributed by atoms with Crippen molar-refractivity contribution in [2.24, 2.45) is 0 Å². The van der Waals surface area contributed by atoms with Gasteiger partial charge in [0.15, 0.2) is 0 Å². The monoisotopic (exact) mass is 313 g/mol. The first-order valence-electron chi connectivity index (χ1n) is 7.66. The van der Waals surface area contributed by atoms with E-state index in [0.717, 1.165) is 18.5 Å². The second-order valence-corrected chi connectivity index (χ2v) is 5.91. The van der Waals surface area contributed by atoms with Crippen LogP contribution in [0.4, 0.5) is 5.69 Å². The van der Waals surface area contributed by atoms with Crippen molar-refractivity contribution in [2.75, 3.05) is 25.0 Å². The Morgan fingerprint density at radius 1 is 1.35 bits per heavy atom. The Kier molecular flexibility index (Phi) is 4.33. The third-order valence-corrected chi connectivity index (χ3v) is 3.82. The summed E-state index contributed by atoms with van der Waals surface area (Å²) in [5.41, 5.74) is 1.04. The van der Waals surface area contributed by atoms with Crippen LogP contribution in [0.1, 0.15) is 19.6 Å². The molecule has 0 spiro atoms. The van der Waals surface area contributed by atoms with E-state index in [-0.39, 0.29) is 30.4 Å². The van der Waals surface area contributed by atoms with Gasteiger partial charge in [-0.1, -0.05) is 12.1 Å². The van der Waals surface area contributed by atoms with Crippen LogP contribution in [-0.4, -0.2) is 42.6 Å². The van der Waals surface area contributed by atoms with E-state index in [4.69, 9.17) is 9.15 Å². The summed E-state index contributed by atoms with van der Waals surface area (Å²) in [6.07, 6.45) is 0.215. The summed E-state index contributed by atoms with van der Waals surface area (Å²) in [5.74, 6) is -0.0300. The summed E-state index contributed by atoms with van der Waals surface area (Å²) >= 11 is 0. The second kappa shape index (κ2) is 6.41. The zero-order chi connectivity index (χ0) is 16.4. The number of nitrogens with zero attached hydrogens (tertiary/aromatic N) is 2. The van der Waals surface area contributed by atoms with Crippen LogP contribution in [0, 0.1) is 11.3 Å². The Hall–Kier alpha value is -2.36. The SMILES string of the molecule is C[C@H]1CN(CC(=O)Nc2c(C#N)oc3ccccc23)C[C@H](C)O1. The fourth-order valence-corrected chi connectivity index (χ4v) is 3.04. The molecule has 0 radical (unpaired) electrons. The molecule has 3 rings (SSSR count). The molecule has 0 bridgehead atoms. The Bertz CT molecular complexity index is 752. The number of morpholine rings is 1. The quantitative estimate of drug-likeness (QED) is 0.941. The van der Waals surface area contributed by atoms with E-state index in [2.05, 4.69) is 10.2 Å². The second-order valence-electron chi connectivity index (χ2n) is 5.91. The van der Waals surface area contributed by atoms with Crippen molar-refractivity contribution >= 4 is 22.6 Å². The normalized spacial score (nSPS) is 22.0. The number of furan rings is 1. The van der Waals surface area contributed by atoms with Crippen LogP contribution in [0.25, 0.3) is 11.0 Å². The Morgan fingerprint density at radius 2 is 2.04 bits per heavy atom. The van der Waals surface area contributed by atoms with Gasteiger partial charge in [-0.15, -0.1) is 0 Å². The van der Waals surface area contributed by atoms with Crippen molar-refractivity contribution in [3.05, 3.63) is 30.0 Å².